The van der Waals surface area contributed by atoms with Crippen LogP contribution in [-0.2, 0) is 6.54 Å². The first-order valence-corrected chi connectivity index (χ1v) is 10.3. The fraction of sp³-hybridized carbons (Fsp3) is 0.619. The molecule has 150 valence electrons. The Morgan fingerprint density at radius 2 is 1.74 bits per heavy atom. The van der Waals surface area contributed by atoms with Crippen molar-refractivity contribution in [3.05, 3.63) is 35.4 Å². The number of amides is 1. The molecule has 1 saturated heterocycles. The highest BCUT2D eigenvalue weighted by atomic mass is 16.1. The van der Waals surface area contributed by atoms with Gasteiger partial charge in [0.2, 0.25) is 0 Å². The third kappa shape index (κ3) is 7.21. The second kappa shape index (κ2) is 11.6. The predicted octanol–water partition coefficient (Wildman–Crippen LogP) is 2.37. The summed E-state index contributed by atoms with van der Waals surface area (Å²) in [5.41, 5.74) is 1.78. The molecule has 1 heterocycles. The summed E-state index contributed by atoms with van der Waals surface area (Å²) in [6.45, 7) is 11.8. The van der Waals surface area contributed by atoms with E-state index in [1.165, 1.54) is 13.0 Å². The van der Waals surface area contributed by atoms with Gasteiger partial charge in [-0.2, -0.15) is 0 Å². The third-order valence-electron chi connectivity index (χ3n) is 4.79. The van der Waals surface area contributed by atoms with Crippen molar-refractivity contribution < 1.29 is 4.79 Å². The maximum atomic E-state index is 11.8. The molecule has 0 atom stereocenters. The minimum absolute atomic E-state index is 0.0306. The fourth-order valence-electron chi connectivity index (χ4n) is 3.32. The van der Waals surface area contributed by atoms with Crippen molar-refractivity contribution >= 4 is 11.9 Å². The Morgan fingerprint density at radius 3 is 2.33 bits per heavy atom. The molecule has 27 heavy (non-hydrogen) atoms. The molecule has 1 fully saturated rings. The molecule has 0 unspecified atom stereocenters. The lowest BCUT2D eigenvalue weighted by molar-refractivity contribution is 0.0956. The van der Waals surface area contributed by atoms with Gasteiger partial charge in [0.05, 0.1) is 6.54 Å². The van der Waals surface area contributed by atoms with Crippen LogP contribution in [0.1, 0.15) is 56.0 Å². The molecule has 2 rings (SSSR count). The number of aliphatic imine (C=N–C) groups is 1. The first kappa shape index (κ1) is 21.2. The maximum Gasteiger partial charge on any atom is 0.251 e. The van der Waals surface area contributed by atoms with Gasteiger partial charge in [-0.15, -0.1) is 0 Å². The van der Waals surface area contributed by atoms with Gasteiger partial charge >= 0.3 is 0 Å². The minimum atomic E-state index is -0.0306. The van der Waals surface area contributed by atoms with E-state index in [1.54, 1.807) is 0 Å². The van der Waals surface area contributed by atoms with Gasteiger partial charge in [0.15, 0.2) is 5.96 Å². The van der Waals surface area contributed by atoms with E-state index < -0.39 is 0 Å². The van der Waals surface area contributed by atoms with Crippen LogP contribution in [0.2, 0.25) is 0 Å². The largest absolute Gasteiger partial charge is 0.357 e. The van der Waals surface area contributed by atoms with Crippen molar-refractivity contribution in [2.45, 2.75) is 52.6 Å². The van der Waals surface area contributed by atoms with Gasteiger partial charge in [-0.1, -0.05) is 19.1 Å². The molecule has 1 amide bonds. The molecule has 0 radical (unpaired) electrons. The molecule has 6 nitrogen and oxygen atoms in total. The normalized spacial score (nSPS) is 16.2. The Kier molecular flexibility index (Phi) is 9.11. The SMILES string of the molecule is CCCN1CCC(NC(=NCc2ccc(C(=O)NCC)cc2)NCC)CC1. The van der Waals surface area contributed by atoms with E-state index in [9.17, 15) is 4.79 Å². The summed E-state index contributed by atoms with van der Waals surface area (Å²) in [4.78, 5) is 19.1. The van der Waals surface area contributed by atoms with Crippen LogP contribution in [-0.4, -0.2) is 55.5 Å². The van der Waals surface area contributed by atoms with Gasteiger partial charge in [0.25, 0.3) is 5.91 Å². The van der Waals surface area contributed by atoms with Crippen molar-refractivity contribution in [2.24, 2.45) is 4.99 Å². The summed E-state index contributed by atoms with van der Waals surface area (Å²) in [5, 5.41) is 9.74. The standard InChI is InChI=1S/C21H35N5O/c1-4-13-26-14-11-19(12-15-26)25-21(23-6-3)24-16-17-7-9-18(10-8-17)20(27)22-5-2/h7-10,19H,4-6,11-16H2,1-3H3,(H,22,27)(H2,23,24,25). The van der Waals surface area contributed by atoms with Crippen molar-refractivity contribution in [3.8, 4) is 0 Å². The van der Waals surface area contributed by atoms with Crippen molar-refractivity contribution in [1.82, 2.24) is 20.9 Å². The van der Waals surface area contributed by atoms with Crippen LogP contribution in [0.5, 0.6) is 0 Å². The second-order valence-corrected chi connectivity index (χ2v) is 7.01. The lowest BCUT2D eigenvalue weighted by atomic mass is 10.1. The Hall–Kier alpha value is -2.08. The summed E-state index contributed by atoms with van der Waals surface area (Å²) in [6, 6.07) is 8.15. The molecule has 0 aliphatic carbocycles. The monoisotopic (exact) mass is 373 g/mol. The number of rotatable bonds is 8. The average Bonchev–Trinajstić information content (AvgIpc) is 2.68. The lowest BCUT2D eigenvalue weighted by Gasteiger charge is -2.32. The average molecular weight is 374 g/mol. The molecule has 1 aromatic carbocycles. The quantitative estimate of drug-likeness (QED) is 0.483. The number of guanidine groups is 1. The van der Waals surface area contributed by atoms with E-state index >= 15 is 0 Å². The van der Waals surface area contributed by atoms with Gasteiger partial charge in [0.1, 0.15) is 0 Å². The van der Waals surface area contributed by atoms with Gasteiger partial charge in [-0.25, -0.2) is 4.99 Å². The fourth-order valence-corrected chi connectivity index (χ4v) is 3.32. The number of carbonyl (C=O) groups excluding carboxylic acids is 1. The van der Waals surface area contributed by atoms with E-state index in [-0.39, 0.29) is 5.91 Å². The number of nitrogens with zero attached hydrogens (tertiary/aromatic N) is 2. The van der Waals surface area contributed by atoms with Crippen LogP contribution >= 0.6 is 0 Å². The summed E-state index contributed by atoms with van der Waals surface area (Å²) in [7, 11) is 0. The van der Waals surface area contributed by atoms with Crippen molar-refractivity contribution in [2.75, 3.05) is 32.7 Å². The molecule has 0 saturated carbocycles. The van der Waals surface area contributed by atoms with Gasteiger partial charge in [-0.3, -0.25) is 4.79 Å². The highest BCUT2D eigenvalue weighted by Gasteiger charge is 2.19. The van der Waals surface area contributed by atoms with E-state index in [4.69, 9.17) is 4.99 Å². The molecule has 3 N–H and O–H groups in total. The highest BCUT2D eigenvalue weighted by Crippen LogP contribution is 2.11. The Bertz CT molecular complexity index is 591. The number of carbonyl (C=O) groups is 1. The molecule has 1 aromatic rings. The molecule has 0 aromatic heterocycles. The molecule has 1 aliphatic heterocycles. The Balaban J connectivity index is 1.88. The van der Waals surface area contributed by atoms with Crippen LogP contribution < -0.4 is 16.0 Å². The smallest absolute Gasteiger partial charge is 0.251 e. The molecular formula is C21H35N5O. The zero-order chi connectivity index (χ0) is 19.5. The summed E-state index contributed by atoms with van der Waals surface area (Å²) in [5.74, 6) is 0.844. The Morgan fingerprint density at radius 1 is 1.07 bits per heavy atom. The van der Waals surface area contributed by atoms with Gasteiger partial charge in [-0.05, 0) is 57.4 Å². The first-order chi connectivity index (χ1) is 13.2. The molecule has 1 aliphatic rings. The Labute approximate surface area is 163 Å². The van der Waals surface area contributed by atoms with Crippen LogP contribution in [0.3, 0.4) is 0 Å². The molecule has 0 spiro atoms. The molecule has 6 heteroatoms. The summed E-state index contributed by atoms with van der Waals surface area (Å²) >= 11 is 0. The van der Waals surface area contributed by atoms with Crippen LogP contribution in [0.4, 0.5) is 0 Å². The number of hydrogen-bond acceptors (Lipinski definition) is 3. The van der Waals surface area contributed by atoms with Crippen molar-refractivity contribution in [3.63, 3.8) is 0 Å². The second-order valence-electron chi connectivity index (χ2n) is 7.01. The molecule has 0 bridgehead atoms. The topological polar surface area (TPSA) is 68.8 Å². The third-order valence-corrected chi connectivity index (χ3v) is 4.79. The van der Waals surface area contributed by atoms with Crippen molar-refractivity contribution in [1.29, 1.82) is 0 Å². The zero-order valence-electron chi connectivity index (χ0n) is 17.1. The van der Waals surface area contributed by atoms with E-state index in [0.717, 1.165) is 44.0 Å². The van der Waals surface area contributed by atoms with E-state index in [0.29, 0.717) is 24.7 Å². The number of hydrogen-bond donors (Lipinski definition) is 3. The number of benzene rings is 1. The molecular weight excluding hydrogens is 338 g/mol. The minimum Gasteiger partial charge on any atom is -0.357 e. The van der Waals surface area contributed by atoms with E-state index in [1.807, 2.05) is 31.2 Å². The van der Waals surface area contributed by atoms with Crippen LogP contribution in [0, 0.1) is 0 Å². The number of piperidine rings is 1. The van der Waals surface area contributed by atoms with Crippen LogP contribution in [0.15, 0.2) is 29.3 Å². The van der Waals surface area contributed by atoms with Gasteiger partial charge in [0, 0.05) is 37.8 Å². The van der Waals surface area contributed by atoms with Crippen LogP contribution in [0.25, 0.3) is 0 Å². The first-order valence-electron chi connectivity index (χ1n) is 10.3. The zero-order valence-corrected chi connectivity index (χ0v) is 17.1. The number of likely N-dealkylation sites (tertiary alicyclic amines) is 1. The summed E-state index contributed by atoms with van der Waals surface area (Å²) in [6.07, 6.45) is 3.54. The maximum absolute atomic E-state index is 11.8. The number of nitrogens with one attached hydrogen (secondary N) is 3. The highest BCUT2D eigenvalue weighted by molar-refractivity contribution is 5.94. The van der Waals surface area contributed by atoms with E-state index in [2.05, 4.69) is 34.7 Å². The van der Waals surface area contributed by atoms with Gasteiger partial charge < -0.3 is 20.9 Å². The lowest BCUT2D eigenvalue weighted by Crippen LogP contribution is -2.48. The predicted molar refractivity (Wildman–Crippen MR) is 112 cm³/mol. The summed E-state index contributed by atoms with van der Waals surface area (Å²) < 4.78 is 0.